The van der Waals surface area contributed by atoms with Gasteiger partial charge in [-0.15, -0.1) is 0 Å². The molecule has 2 rings (SSSR count). The minimum atomic E-state index is -0.288. The molecule has 98 valence electrons. The van der Waals surface area contributed by atoms with Crippen molar-refractivity contribution >= 4 is 39.9 Å². The Morgan fingerprint density at radius 1 is 1.16 bits per heavy atom. The van der Waals surface area contributed by atoms with Crippen LogP contribution in [0.4, 0.5) is 15.8 Å². The number of rotatable bonds is 4. The Morgan fingerprint density at radius 3 is 2.58 bits per heavy atom. The molecule has 0 fully saturated rings. The van der Waals surface area contributed by atoms with Crippen molar-refractivity contribution in [3.05, 3.63) is 57.9 Å². The Morgan fingerprint density at radius 2 is 1.89 bits per heavy atom. The van der Waals surface area contributed by atoms with Crippen molar-refractivity contribution in [2.24, 2.45) is 0 Å². The molecule has 0 heterocycles. The average Bonchev–Trinajstić information content (AvgIpc) is 2.39. The molecule has 0 saturated carbocycles. The summed E-state index contributed by atoms with van der Waals surface area (Å²) in [5, 5.41) is 5.74. The lowest BCUT2D eigenvalue weighted by Gasteiger charge is -2.09. The van der Waals surface area contributed by atoms with E-state index in [1.807, 2.05) is 52.9 Å². The number of hydrogen-bond donors (Lipinski definition) is 2. The molecule has 2 N–H and O–H groups in total. The lowest BCUT2D eigenvalue weighted by molar-refractivity contribution is -0.114. The number of halogens is 2. The Labute approximate surface area is 124 Å². The fraction of sp³-hybridized carbons (Fsp3) is 0.0714. The molecule has 2 aromatic rings. The number of hydrogen-bond acceptors (Lipinski definition) is 2. The second kappa shape index (κ2) is 6.51. The second-order valence-electron chi connectivity index (χ2n) is 3.89. The molecule has 0 aliphatic carbocycles. The summed E-state index contributed by atoms with van der Waals surface area (Å²) in [6.07, 6.45) is 0. The summed E-state index contributed by atoms with van der Waals surface area (Å²) in [5.41, 5.74) is 1.49. The van der Waals surface area contributed by atoms with E-state index in [1.54, 1.807) is 6.07 Å². The minimum Gasteiger partial charge on any atom is -0.375 e. The van der Waals surface area contributed by atoms with Gasteiger partial charge in [-0.05, 0) is 52.9 Å². The summed E-state index contributed by atoms with van der Waals surface area (Å²) in [6, 6.07) is 13.6. The number of nitrogens with one attached hydrogen (secondary N) is 2. The highest BCUT2D eigenvalue weighted by atomic mass is 127. The predicted molar refractivity (Wildman–Crippen MR) is 82.7 cm³/mol. The highest BCUT2D eigenvalue weighted by Crippen LogP contribution is 2.18. The summed E-state index contributed by atoms with van der Waals surface area (Å²) in [7, 11) is 0. The van der Waals surface area contributed by atoms with Gasteiger partial charge in [0.1, 0.15) is 5.82 Å². The molecule has 2 aromatic carbocycles. The molecular formula is C14H12FIN2O. The van der Waals surface area contributed by atoms with Crippen LogP contribution in [0.5, 0.6) is 0 Å². The van der Waals surface area contributed by atoms with Gasteiger partial charge in [0.2, 0.25) is 5.91 Å². The lowest BCUT2D eigenvalue weighted by Crippen LogP contribution is -2.22. The van der Waals surface area contributed by atoms with Crippen LogP contribution in [0.25, 0.3) is 0 Å². The van der Waals surface area contributed by atoms with Crippen LogP contribution >= 0.6 is 22.6 Å². The zero-order valence-corrected chi connectivity index (χ0v) is 12.1. The van der Waals surface area contributed by atoms with Gasteiger partial charge < -0.3 is 10.6 Å². The first-order chi connectivity index (χ1) is 9.15. The molecule has 3 nitrogen and oxygen atoms in total. The number of para-hydroxylation sites is 1. The summed E-state index contributed by atoms with van der Waals surface area (Å²) in [6.45, 7) is 0.135. The first-order valence-electron chi connectivity index (χ1n) is 5.69. The monoisotopic (exact) mass is 370 g/mol. The van der Waals surface area contributed by atoms with Gasteiger partial charge in [0.25, 0.3) is 0 Å². The van der Waals surface area contributed by atoms with Crippen LogP contribution < -0.4 is 10.6 Å². The molecule has 0 aromatic heterocycles. The molecule has 1 amide bonds. The zero-order valence-electron chi connectivity index (χ0n) is 9.99. The number of benzene rings is 2. The molecule has 19 heavy (non-hydrogen) atoms. The first-order valence-corrected chi connectivity index (χ1v) is 6.77. The normalized spacial score (nSPS) is 10.0. The maximum absolute atomic E-state index is 12.9. The predicted octanol–water partition coefficient (Wildman–Crippen LogP) is 3.48. The standard InChI is InChI=1S/C14H12FIN2O/c15-10-6-7-13(12(16)8-10)17-9-14(19)18-11-4-2-1-3-5-11/h1-8,17H,9H2,(H,18,19). The quantitative estimate of drug-likeness (QED) is 0.810. The summed E-state index contributed by atoms with van der Waals surface area (Å²) < 4.78 is 13.7. The molecule has 0 aliphatic rings. The molecule has 0 spiro atoms. The fourth-order valence-electron chi connectivity index (χ4n) is 1.54. The van der Waals surface area contributed by atoms with Crippen molar-refractivity contribution < 1.29 is 9.18 Å². The van der Waals surface area contributed by atoms with Crippen molar-refractivity contribution in [1.82, 2.24) is 0 Å². The smallest absolute Gasteiger partial charge is 0.243 e. The van der Waals surface area contributed by atoms with Crippen molar-refractivity contribution in [2.75, 3.05) is 17.2 Å². The van der Waals surface area contributed by atoms with E-state index < -0.39 is 0 Å². The highest BCUT2D eigenvalue weighted by Gasteiger charge is 2.04. The minimum absolute atomic E-state index is 0.135. The maximum Gasteiger partial charge on any atom is 0.243 e. The Balaban J connectivity index is 1.90. The Bertz CT molecular complexity index is 575. The third kappa shape index (κ3) is 4.20. The topological polar surface area (TPSA) is 41.1 Å². The van der Waals surface area contributed by atoms with Crippen LogP contribution in [0.1, 0.15) is 0 Å². The zero-order chi connectivity index (χ0) is 13.7. The van der Waals surface area contributed by atoms with E-state index in [-0.39, 0.29) is 18.3 Å². The molecule has 0 aliphatic heterocycles. The molecule has 0 atom stereocenters. The van der Waals surface area contributed by atoms with Gasteiger partial charge in [-0.2, -0.15) is 0 Å². The lowest BCUT2D eigenvalue weighted by atomic mass is 10.3. The van der Waals surface area contributed by atoms with Crippen LogP contribution in [-0.4, -0.2) is 12.5 Å². The van der Waals surface area contributed by atoms with Gasteiger partial charge in [0.15, 0.2) is 0 Å². The van der Waals surface area contributed by atoms with Crippen molar-refractivity contribution in [3.8, 4) is 0 Å². The second-order valence-corrected chi connectivity index (χ2v) is 5.05. The van der Waals surface area contributed by atoms with Gasteiger partial charge in [-0.25, -0.2) is 4.39 Å². The van der Waals surface area contributed by atoms with Crippen LogP contribution in [0.15, 0.2) is 48.5 Å². The molecule has 0 bridgehead atoms. The number of carbonyl (C=O) groups is 1. The molecule has 0 saturated heterocycles. The maximum atomic E-state index is 12.9. The van der Waals surface area contributed by atoms with E-state index in [1.165, 1.54) is 12.1 Å². The molecule has 0 radical (unpaired) electrons. The van der Waals surface area contributed by atoms with E-state index in [0.29, 0.717) is 0 Å². The van der Waals surface area contributed by atoms with Crippen molar-refractivity contribution in [1.29, 1.82) is 0 Å². The van der Waals surface area contributed by atoms with E-state index in [0.717, 1.165) is 14.9 Å². The van der Waals surface area contributed by atoms with Crippen LogP contribution in [0.3, 0.4) is 0 Å². The van der Waals surface area contributed by atoms with Crippen molar-refractivity contribution in [3.63, 3.8) is 0 Å². The molecular weight excluding hydrogens is 358 g/mol. The van der Waals surface area contributed by atoms with Gasteiger partial charge in [-0.3, -0.25) is 4.79 Å². The molecule has 5 heteroatoms. The Kier molecular flexibility index (Phi) is 4.73. The number of anilines is 2. The van der Waals surface area contributed by atoms with Crippen molar-refractivity contribution in [2.45, 2.75) is 0 Å². The summed E-state index contributed by atoms with van der Waals surface area (Å²) in [4.78, 5) is 11.7. The van der Waals surface area contributed by atoms with Gasteiger partial charge in [0.05, 0.1) is 6.54 Å². The third-order valence-corrected chi connectivity index (χ3v) is 3.32. The highest BCUT2D eigenvalue weighted by molar-refractivity contribution is 14.1. The van der Waals surface area contributed by atoms with Crippen LogP contribution in [0, 0.1) is 9.39 Å². The van der Waals surface area contributed by atoms with E-state index in [2.05, 4.69) is 10.6 Å². The van der Waals surface area contributed by atoms with E-state index >= 15 is 0 Å². The number of amides is 1. The van der Waals surface area contributed by atoms with E-state index in [4.69, 9.17) is 0 Å². The van der Waals surface area contributed by atoms with Crippen LogP contribution in [-0.2, 0) is 4.79 Å². The largest absolute Gasteiger partial charge is 0.375 e. The first kappa shape index (κ1) is 13.8. The van der Waals surface area contributed by atoms with Gasteiger partial charge in [0, 0.05) is 14.9 Å². The van der Waals surface area contributed by atoms with E-state index in [9.17, 15) is 9.18 Å². The number of carbonyl (C=O) groups excluding carboxylic acids is 1. The van der Waals surface area contributed by atoms with Crippen LogP contribution in [0.2, 0.25) is 0 Å². The fourth-order valence-corrected chi connectivity index (χ4v) is 2.20. The van der Waals surface area contributed by atoms with Gasteiger partial charge >= 0.3 is 0 Å². The average molecular weight is 370 g/mol. The van der Waals surface area contributed by atoms with Gasteiger partial charge in [-0.1, -0.05) is 18.2 Å². The summed E-state index contributed by atoms with van der Waals surface area (Å²) >= 11 is 2.02. The molecule has 0 unspecified atom stereocenters. The summed E-state index contributed by atoms with van der Waals surface area (Å²) in [5.74, 6) is -0.435. The Hall–Kier alpha value is -1.63. The SMILES string of the molecule is O=C(CNc1ccc(F)cc1I)Nc1ccccc1. The third-order valence-electron chi connectivity index (χ3n) is 2.43.